The van der Waals surface area contributed by atoms with E-state index in [1.54, 1.807) is 0 Å². The van der Waals surface area contributed by atoms with E-state index in [-0.39, 0.29) is 0 Å². The summed E-state index contributed by atoms with van der Waals surface area (Å²) in [7, 11) is 0. The third-order valence-electron chi connectivity index (χ3n) is 7.33. The van der Waals surface area contributed by atoms with Gasteiger partial charge >= 0.3 is 23.2 Å². The van der Waals surface area contributed by atoms with Gasteiger partial charge in [0.15, 0.2) is 0 Å². The molecule has 0 unspecified atom stereocenters. The Morgan fingerprint density at radius 1 is 0.357 bits per heavy atom. The SMILES string of the molecule is [O]=[Mo].c1ccc2c(c1)-c1nc-2nc2[n-]c(nc3nc(nc4[n-]c(n1)c1ccccc41)-c1ccccc1-3)c1ccccc21. The summed E-state index contributed by atoms with van der Waals surface area (Å²) in [6.45, 7) is 0. The molecule has 0 saturated carbocycles. The number of hydrogen-bond acceptors (Lipinski definition) is 7. The predicted octanol–water partition coefficient (Wildman–Crippen LogP) is 6.01. The Kier molecular flexibility index (Phi) is 5.65. The molecule has 0 radical (unpaired) electrons. The fraction of sp³-hybridized carbons (Fsp3) is 0. The van der Waals surface area contributed by atoms with Crippen LogP contribution in [0.1, 0.15) is 0 Å². The average molecular weight is 624 g/mol. The molecule has 7 aromatic rings. The van der Waals surface area contributed by atoms with Crippen LogP contribution < -0.4 is 9.97 Å². The van der Waals surface area contributed by atoms with Gasteiger partial charge in [-0.3, -0.25) is 0 Å². The van der Waals surface area contributed by atoms with Crippen molar-refractivity contribution in [1.29, 1.82) is 0 Å². The molecule has 5 heterocycles. The van der Waals surface area contributed by atoms with Crippen LogP contribution in [0.3, 0.4) is 0 Å². The van der Waals surface area contributed by atoms with E-state index in [0.717, 1.165) is 43.8 Å². The van der Waals surface area contributed by atoms with Gasteiger partial charge in [0, 0.05) is 44.8 Å². The normalized spacial score (nSPS) is 11.5. The Morgan fingerprint density at radius 2 is 0.595 bits per heavy atom. The van der Waals surface area contributed by atoms with Gasteiger partial charge in [0.1, 0.15) is 0 Å². The fourth-order valence-electron chi connectivity index (χ4n) is 5.46. The maximum Gasteiger partial charge on any atom is 0.0927 e. The molecule has 3 aromatic heterocycles. The van der Waals surface area contributed by atoms with Crippen molar-refractivity contribution in [2.75, 3.05) is 0 Å². The van der Waals surface area contributed by atoms with E-state index in [4.69, 9.17) is 43.3 Å². The van der Waals surface area contributed by atoms with Crippen molar-refractivity contribution in [2.45, 2.75) is 0 Å². The molecule has 0 N–H and O–H groups in total. The van der Waals surface area contributed by atoms with Gasteiger partial charge < -0.3 is 29.9 Å². The Morgan fingerprint density at radius 3 is 0.857 bits per heavy atom. The monoisotopic (exact) mass is 626 g/mol. The second kappa shape index (κ2) is 9.68. The summed E-state index contributed by atoms with van der Waals surface area (Å²) in [5.74, 6) is 2.21. The summed E-state index contributed by atoms with van der Waals surface area (Å²) in [6.07, 6.45) is 0. The first-order chi connectivity index (χ1) is 20.8. The molecule has 9 rings (SSSR count). The van der Waals surface area contributed by atoms with Gasteiger partial charge in [-0.25, -0.2) is 9.97 Å². The first kappa shape index (κ1) is 24.5. The van der Waals surface area contributed by atoms with Crippen molar-refractivity contribution in [3.8, 4) is 45.6 Å². The number of benzene rings is 4. The van der Waals surface area contributed by atoms with Crippen LogP contribution in [0.15, 0.2) is 97.1 Å². The van der Waals surface area contributed by atoms with Crippen molar-refractivity contribution >= 4 is 44.1 Å². The van der Waals surface area contributed by atoms with Gasteiger partial charge in [-0.15, -0.1) is 0 Å². The number of aromatic nitrogens is 8. The number of rotatable bonds is 0. The summed E-state index contributed by atoms with van der Waals surface area (Å²) in [4.78, 5) is 39.3. The largest absolute Gasteiger partial charge is 0.357 e. The molecule has 0 atom stereocenters. The van der Waals surface area contributed by atoms with Crippen molar-refractivity contribution in [1.82, 2.24) is 39.9 Å². The summed E-state index contributed by atoms with van der Waals surface area (Å²) in [6, 6.07) is 31.8. The van der Waals surface area contributed by atoms with Gasteiger partial charge in [-0.2, -0.15) is 0 Å². The molecular formula is C32H16MoN8O-2. The van der Waals surface area contributed by atoms with Gasteiger partial charge in [-0.05, 0) is 21.5 Å². The van der Waals surface area contributed by atoms with Crippen molar-refractivity contribution < 1.29 is 23.2 Å². The molecule has 2 aliphatic rings. The summed E-state index contributed by atoms with van der Waals surface area (Å²) in [5.41, 5.74) is 5.78. The van der Waals surface area contributed by atoms with Crippen LogP contribution in [0.25, 0.3) is 89.7 Å². The van der Waals surface area contributed by atoms with Gasteiger partial charge in [0.2, 0.25) is 0 Å². The predicted molar refractivity (Wildman–Crippen MR) is 155 cm³/mol. The average Bonchev–Trinajstić information content (AvgIpc) is 3.78. The van der Waals surface area contributed by atoms with Crippen LogP contribution in [-0.2, 0) is 23.2 Å². The first-order valence-electron chi connectivity index (χ1n) is 13.1. The summed E-state index contributed by atoms with van der Waals surface area (Å²) >= 11 is 0.700. The molecule has 0 amide bonds. The molecule has 0 aliphatic carbocycles. The van der Waals surface area contributed by atoms with Crippen LogP contribution in [0.2, 0.25) is 0 Å². The van der Waals surface area contributed by atoms with Crippen molar-refractivity contribution in [3.05, 3.63) is 97.1 Å². The van der Waals surface area contributed by atoms with E-state index in [2.05, 4.69) is 0 Å². The Balaban J connectivity index is 0.00000131. The van der Waals surface area contributed by atoms with Gasteiger partial charge in [-0.1, -0.05) is 97.1 Å². The van der Waals surface area contributed by atoms with Crippen LogP contribution in [0, 0.1) is 0 Å². The smallest absolute Gasteiger partial charge is 0.0927 e. The van der Waals surface area contributed by atoms with Crippen molar-refractivity contribution in [2.24, 2.45) is 0 Å². The van der Waals surface area contributed by atoms with E-state index in [1.165, 1.54) is 0 Å². The third-order valence-corrected chi connectivity index (χ3v) is 7.33. The summed E-state index contributed by atoms with van der Waals surface area (Å²) in [5, 5.41) is 3.57. The molecule has 42 heavy (non-hydrogen) atoms. The summed E-state index contributed by atoms with van der Waals surface area (Å²) < 4.78 is 8.26. The molecule has 2 aliphatic heterocycles. The minimum Gasteiger partial charge on any atom is -0.357 e. The van der Waals surface area contributed by atoms with E-state index in [9.17, 15) is 0 Å². The third kappa shape index (κ3) is 3.74. The van der Waals surface area contributed by atoms with Gasteiger partial charge in [0.05, 0.1) is 23.3 Å². The molecule has 198 valence electrons. The van der Waals surface area contributed by atoms with Crippen LogP contribution >= 0.6 is 0 Å². The van der Waals surface area contributed by atoms with E-state index in [0.29, 0.717) is 65.7 Å². The van der Waals surface area contributed by atoms with E-state index in [1.807, 2.05) is 97.1 Å². The molecular weight excluding hydrogens is 608 g/mol. The van der Waals surface area contributed by atoms with E-state index < -0.39 is 0 Å². The second-order valence-corrected chi connectivity index (χ2v) is 9.67. The minimum absolute atomic E-state index is 0.552. The van der Waals surface area contributed by atoms with Crippen LogP contribution in [0.4, 0.5) is 0 Å². The minimum atomic E-state index is 0.552. The zero-order valence-electron chi connectivity index (χ0n) is 21.6. The Bertz CT molecular complexity index is 2060. The molecule has 0 fully saturated rings. The molecule has 0 saturated heterocycles. The Labute approximate surface area is 249 Å². The quantitative estimate of drug-likeness (QED) is 0.187. The van der Waals surface area contributed by atoms with E-state index >= 15 is 0 Å². The van der Waals surface area contributed by atoms with Gasteiger partial charge in [0.25, 0.3) is 0 Å². The zero-order chi connectivity index (χ0) is 28.2. The van der Waals surface area contributed by atoms with Crippen LogP contribution in [0.5, 0.6) is 0 Å². The van der Waals surface area contributed by atoms with Crippen molar-refractivity contribution in [3.63, 3.8) is 0 Å². The number of nitrogens with zero attached hydrogens (tertiary/aromatic N) is 8. The standard InChI is InChI=1S/C32H16N8.Mo.O/c1-2-10-18-17(9-1)25-33-26(18)38-28-21-13-5-6-14-22(21)30(35-28)40-32-24-16-8-7-15-23(24)31(36-32)39-29-20-12-4-3-11-19(20)27(34-29)37-25;;/h1-16H;;/q-2;;. The molecule has 9 nitrogen and oxygen atoms in total. The maximum absolute atomic E-state index is 8.26. The Hall–Kier alpha value is -5.27. The molecule has 8 bridgehead atoms. The number of fused-ring (bicyclic) bond motifs is 20. The molecule has 4 aromatic carbocycles. The fourth-order valence-corrected chi connectivity index (χ4v) is 5.46. The zero-order valence-corrected chi connectivity index (χ0v) is 23.6. The van der Waals surface area contributed by atoms with Crippen LogP contribution in [-0.4, -0.2) is 29.9 Å². The molecule has 0 spiro atoms. The number of hydrogen-bond donors (Lipinski definition) is 0. The first-order valence-corrected chi connectivity index (χ1v) is 13.9. The molecule has 10 heteroatoms. The topological polar surface area (TPSA) is 123 Å². The second-order valence-electron chi connectivity index (χ2n) is 9.67. The maximum atomic E-state index is 8.26.